The van der Waals surface area contributed by atoms with Crippen LogP contribution in [0.15, 0.2) is 23.1 Å². The minimum absolute atomic E-state index is 0.115. The summed E-state index contributed by atoms with van der Waals surface area (Å²) in [6.45, 7) is 2.92. The number of sulfonamides is 1. The van der Waals surface area contributed by atoms with Gasteiger partial charge in [0.1, 0.15) is 0 Å². The van der Waals surface area contributed by atoms with E-state index in [1.807, 2.05) is 0 Å². The van der Waals surface area contributed by atoms with E-state index in [4.69, 9.17) is 9.47 Å². The average molecular weight is 299 g/mol. The van der Waals surface area contributed by atoms with Gasteiger partial charge in [-0.2, -0.15) is 4.31 Å². The van der Waals surface area contributed by atoms with Crippen molar-refractivity contribution in [3.63, 3.8) is 0 Å². The third kappa shape index (κ3) is 2.36. The molecule has 110 valence electrons. The van der Waals surface area contributed by atoms with E-state index in [2.05, 4.69) is 0 Å². The lowest BCUT2D eigenvalue weighted by Crippen LogP contribution is -2.61. The van der Waals surface area contributed by atoms with Gasteiger partial charge in [-0.05, 0) is 19.1 Å². The van der Waals surface area contributed by atoms with E-state index in [0.29, 0.717) is 24.7 Å². The number of hydrogen-bond acceptors (Lipinski definition) is 5. The number of hydrogen-bond donors (Lipinski definition) is 1. The number of β-amino-alcohol motifs (C(OH)–C–C–N with tert-alkyl or cyclic N) is 1. The maximum atomic E-state index is 12.4. The Bertz CT molecular complexity index is 618. The van der Waals surface area contributed by atoms with Crippen molar-refractivity contribution in [3.05, 3.63) is 18.2 Å². The third-order valence-electron chi connectivity index (χ3n) is 3.39. The average Bonchev–Trinajstić information content (AvgIpc) is 2.59. The number of rotatable bonds is 2. The molecule has 0 atom stereocenters. The van der Waals surface area contributed by atoms with E-state index in [0.717, 1.165) is 6.42 Å². The van der Waals surface area contributed by atoms with Gasteiger partial charge >= 0.3 is 0 Å². The molecule has 0 spiro atoms. The van der Waals surface area contributed by atoms with E-state index in [1.165, 1.54) is 16.4 Å². The molecule has 2 aliphatic rings. The van der Waals surface area contributed by atoms with Crippen LogP contribution in [0.4, 0.5) is 0 Å². The molecule has 0 saturated carbocycles. The smallest absolute Gasteiger partial charge is 0.243 e. The molecule has 0 aliphatic carbocycles. The highest BCUT2D eigenvalue weighted by Gasteiger charge is 2.44. The second kappa shape index (κ2) is 4.61. The lowest BCUT2D eigenvalue weighted by atomic mass is 10.0. The summed E-state index contributed by atoms with van der Waals surface area (Å²) < 4.78 is 37.0. The molecule has 0 amide bonds. The second-order valence-electron chi connectivity index (χ2n) is 5.43. The zero-order chi connectivity index (χ0) is 14.4. The Morgan fingerprint density at radius 3 is 2.50 bits per heavy atom. The van der Waals surface area contributed by atoms with Crippen molar-refractivity contribution in [1.82, 2.24) is 4.31 Å². The van der Waals surface area contributed by atoms with Crippen molar-refractivity contribution in [2.24, 2.45) is 0 Å². The third-order valence-corrected chi connectivity index (χ3v) is 5.18. The zero-order valence-electron chi connectivity index (χ0n) is 11.2. The number of ether oxygens (including phenoxy) is 2. The lowest BCUT2D eigenvalue weighted by Gasteiger charge is -2.42. The van der Waals surface area contributed by atoms with Crippen molar-refractivity contribution in [3.8, 4) is 11.5 Å². The summed E-state index contributed by atoms with van der Waals surface area (Å²) in [5.74, 6) is 1.02. The molecular formula is C13H17NO5S. The molecule has 1 fully saturated rings. The fourth-order valence-electron chi connectivity index (χ4n) is 2.34. The molecule has 2 aliphatic heterocycles. The topological polar surface area (TPSA) is 76.1 Å². The van der Waals surface area contributed by atoms with Gasteiger partial charge in [0.2, 0.25) is 10.0 Å². The predicted octanol–water partition coefficient (Wildman–Crippen LogP) is 0.603. The van der Waals surface area contributed by atoms with E-state index < -0.39 is 15.6 Å². The van der Waals surface area contributed by atoms with Crippen LogP contribution in [0.3, 0.4) is 0 Å². The summed E-state index contributed by atoms with van der Waals surface area (Å²) in [6, 6.07) is 4.62. The van der Waals surface area contributed by atoms with Crippen molar-refractivity contribution < 1.29 is 23.0 Å². The first-order valence-electron chi connectivity index (χ1n) is 6.51. The molecule has 3 rings (SSSR count). The van der Waals surface area contributed by atoms with Gasteiger partial charge in [0.25, 0.3) is 0 Å². The van der Waals surface area contributed by atoms with E-state index in [9.17, 15) is 13.5 Å². The van der Waals surface area contributed by atoms with Gasteiger partial charge in [-0.1, -0.05) is 0 Å². The molecule has 0 aromatic heterocycles. The Hall–Kier alpha value is -1.31. The highest BCUT2D eigenvalue weighted by Crippen LogP contribution is 2.34. The minimum atomic E-state index is -3.58. The highest BCUT2D eigenvalue weighted by atomic mass is 32.2. The molecule has 7 heteroatoms. The Morgan fingerprint density at radius 1 is 1.20 bits per heavy atom. The Morgan fingerprint density at radius 2 is 1.85 bits per heavy atom. The van der Waals surface area contributed by atoms with Crippen LogP contribution >= 0.6 is 0 Å². The Kier molecular flexibility index (Phi) is 3.15. The van der Waals surface area contributed by atoms with E-state index in [-0.39, 0.29) is 18.0 Å². The molecule has 2 heterocycles. The Labute approximate surface area is 118 Å². The SMILES string of the molecule is CC1(O)CN(S(=O)(=O)c2ccc3c(c2)OCCCO3)C1. The van der Waals surface area contributed by atoms with E-state index in [1.54, 1.807) is 13.0 Å². The summed E-state index contributed by atoms with van der Waals surface area (Å²) in [5, 5.41) is 9.67. The molecule has 20 heavy (non-hydrogen) atoms. The maximum Gasteiger partial charge on any atom is 0.243 e. The molecular weight excluding hydrogens is 282 g/mol. The van der Waals surface area contributed by atoms with Crippen molar-refractivity contribution in [2.45, 2.75) is 23.8 Å². The summed E-state index contributed by atoms with van der Waals surface area (Å²) in [4.78, 5) is 0.164. The summed E-state index contributed by atoms with van der Waals surface area (Å²) in [7, 11) is -3.58. The highest BCUT2D eigenvalue weighted by molar-refractivity contribution is 7.89. The van der Waals surface area contributed by atoms with Gasteiger partial charge in [-0.25, -0.2) is 8.42 Å². The second-order valence-corrected chi connectivity index (χ2v) is 7.37. The molecule has 0 unspecified atom stereocenters. The van der Waals surface area contributed by atoms with E-state index >= 15 is 0 Å². The first-order valence-corrected chi connectivity index (χ1v) is 7.95. The molecule has 1 aromatic rings. The lowest BCUT2D eigenvalue weighted by molar-refractivity contribution is -0.0426. The van der Waals surface area contributed by atoms with Crippen molar-refractivity contribution in [2.75, 3.05) is 26.3 Å². The fraction of sp³-hybridized carbons (Fsp3) is 0.538. The van der Waals surface area contributed by atoms with Crippen LogP contribution in [-0.4, -0.2) is 49.7 Å². The number of aliphatic hydroxyl groups is 1. The van der Waals surface area contributed by atoms with Gasteiger partial charge in [0, 0.05) is 25.6 Å². The van der Waals surface area contributed by atoms with Crippen LogP contribution in [0.25, 0.3) is 0 Å². The van der Waals surface area contributed by atoms with Gasteiger partial charge in [0.05, 0.1) is 23.7 Å². The standard InChI is InChI=1S/C13H17NO5S/c1-13(15)8-14(9-13)20(16,17)10-3-4-11-12(7-10)19-6-2-5-18-11/h3-4,7,15H,2,5-6,8-9H2,1H3. The number of benzene rings is 1. The van der Waals surface area contributed by atoms with Crippen LogP contribution in [0.5, 0.6) is 11.5 Å². The molecule has 6 nitrogen and oxygen atoms in total. The molecule has 0 radical (unpaired) electrons. The predicted molar refractivity (Wildman–Crippen MR) is 71.4 cm³/mol. The summed E-state index contributed by atoms with van der Waals surface area (Å²) in [5.41, 5.74) is -0.932. The van der Waals surface area contributed by atoms with Crippen LogP contribution in [0.2, 0.25) is 0 Å². The monoisotopic (exact) mass is 299 g/mol. The molecule has 1 saturated heterocycles. The quantitative estimate of drug-likeness (QED) is 0.865. The molecule has 0 bridgehead atoms. The first-order chi connectivity index (χ1) is 9.38. The van der Waals surface area contributed by atoms with Crippen molar-refractivity contribution in [1.29, 1.82) is 0 Å². The Balaban J connectivity index is 1.89. The number of fused-ring (bicyclic) bond motifs is 1. The summed E-state index contributed by atoms with van der Waals surface area (Å²) in [6.07, 6.45) is 0.770. The molecule has 1 N–H and O–H groups in total. The zero-order valence-corrected chi connectivity index (χ0v) is 12.0. The van der Waals surface area contributed by atoms with Gasteiger partial charge in [-0.3, -0.25) is 0 Å². The van der Waals surface area contributed by atoms with Crippen LogP contribution in [-0.2, 0) is 10.0 Å². The normalized spacial score (nSPS) is 21.9. The maximum absolute atomic E-state index is 12.4. The van der Waals surface area contributed by atoms with Crippen LogP contribution in [0, 0.1) is 0 Å². The van der Waals surface area contributed by atoms with Crippen LogP contribution in [0.1, 0.15) is 13.3 Å². The molecule has 1 aromatic carbocycles. The van der Waals surface area contributed by atoms with Crippen molar-refractivity contribution >= 4 is 10.0 Å². The van der Waals surface area contributed by atoms with Crippen LogP contribution < -0.4 is 9.47 Å². The van der Waals surface area contributed by atoms with Gasteiger partial charge < -0.3 is 14.6 Å². The first kappa shape index (κ1) is 13.7. The largest absolute Gasteiger partial charge is 0.490 e. The van der Waals surface area contributed by atoms with Gasteiger partial charge in [-0.15, -0.1) is 0 Å². The summed E-state index contributed by atoms with van der Waals surface area (Å²) >= 11 is 0. The number of nitrogens with zero attached hydrogens (tertiary/aromatic N) is 1. The minimum Gasteiger partial charge on any atom is -0.490 e. The van der Waals surface area contributed by atoms with Gasteiger partial charge in [0.15, 0.2) is 11.5 Å². The fourth-order valence-corrected chi connectivity index (χ4v) is 4.03.